The van der Waals surface area contributed by atoms with Gasteiger partial charge in [0.05, 0.1) is 12.4 Å². The van der Waals surface area contributed by atoms with Gasteiger partial charge in [0.1, 0.15) is 0 Å². The number of hydrogen-bond acceptors (Lipinski definition) is 3. The SMILES string of the molecule is CCC(CC)C(O)CNC(=O)c1occc1C. The van der Waals surface area contributed by atoms with Gasteiger partial charge in [-0.3, -0.25) is 4.79 Å². The van der Waals surface area contributed by atoms with Gasteiger partial charge in [0.25, 0.3) is 5.91 Å². The minimum Gasteiger partial charge on any atom is -0.459 e. The number of aryl methyl sites for hydroxylation is 1. The lowest BCUT2D eigenvalue weighted by molar-refractivity contribution is 0.0796. The van der Waals surface area contributed by atoms with E-state index in [1.54, 1.807) is 6.07 Å². The predicted molar refractivity (Wildman–Crippen MR) is 65.9 cm³/mol. The molecule has 1 aromatic rings. The van der Waals surface area contributed by atoms with E-state index in [9.17, 15) is 9.90 Å². The highest BCUT2D eigenvalue weighted by atomic mass is 16.3. The summed E-state index contributed by atoms with van der Waals surface area (Å²) >= 11 is 0. The van der Waals surface area contributed by atoms with Crippen LogP contribution in [-0.2, 0) is 0 Å². The van der Waals surface area contributed by atoms with Crippen molar-refractivity contribution in [3.63, 3.8) is 0 Å². The van der Waals surface area contributed by atoms with Crippen LogP contribution in [-0.4, -0.2) is 23.7 Å². The molecule has 1 atom stereocenters. The molecule has 0 spiro atoms. The number of hydrogen-bond donors (Lipinski definition) is 2. The van der Waals surface area contributed by atoms with E-state index in [1.807, 2.05) is 20.8 Å². The molecule has 1 unspecified atom stereocenters. The number of carbonyl (C=O) groups excluding carboxylic acids is 1. The van der Waals surface area contributed by atoms with Gasteiger partial charge < -0.3 is 14.8 Å². The molecule has 4 heteroatoms. The predicted octanol–water partition coefficient (Wildman–Crippen LogP) is 2.11. The number of carbonyl (C=O) groups is 1. The minimum atomic E-state index is -0.496. The largest absolute Gasteiger partial charge is 0.459 e. The monoisotopic (exact) mass is 239 g/mol. The lowest BCUT2D eigenvalue weighted by Crippen LogP contribution is -2.36. The Morgan fingerprint density at radius 3 is 2.59 bits per heavy atom. The molecule has 0 bridgehead atoms. The van der Waals surface area contributed by atoms with Crippen molar-refractivity contribution in [2.24, 2.45) is 5.92 Å². The molecule has 2 N–H and O–H groups in total. The summed E-state index contributed by atoms with van der Waals surface area (Å²) in [6.45, 7) is 6.16. The van der Waals surface area contributed by atoms with Gasteiger partial charge in [-0.05, 0) is 18.9 Å². The van der Waals surface area contributed by atoms with Crippen LogP contribution >= 0.6 is 0 Å². The normalized spacial score (nSPS) is 12.8. The number of furan rings is 1. The Bertz CT molecular complexity index is 355. The smallest absolute Gasteiger partial charge is 0.287 e. The molecule has 17 heavy (non-hydrogen) atoms. The van der Waals surface area contributed by atoms with Crippen LogP contribution in [0, 0.1) is 12.8 Å². The summed E-state index contributed by atoms with van der Waals surface area (Å²) in [6.07, 6.45) is 2.81. The van der Waals surface area contributed by atoms with Crippen molar-refractivity contribution < 1.29 is 14.3 Å². The van der Waals surface area contributed by atoms with Crippen LogP contribution < -0.4 is 5.32 Å². The highest BCUT2D eigenvalue weighted by Crippen LogP contribution is 2.13. The van der Waals surface area contributed by atoms with Crippen molar-refractivity contribution in [3.8, 4) is 0 Å². The van der Waals surface area contributed by atoms with Crippen LogP contribution in [0.15, 0.2) is 16.7 Å². The molecule has 0 aliphatic heterocycles. The fourth-order valence-corrected chi connectivity index (χ4v) is 1.88. The maximum atomic E-state index is 11.7. The summed E-state index contributed by atoms with van der Waals surface area (Å²) in [7, 11) is 0. The number of aliphatic hydroxyl groups is 1. The first-order valence-corrected chi connectivity index (χ1v) is 6.10. The van der Waals surface area contributed by atoms with E-state index >= 15 is 0 Å². The number of nitrogens with one attached hydrogen (secondary N) is 1. The first-order chi connectivity index (χ1) is 8.10. The van der Waals surface area contributed by atoms with Gasteiger partial charge in [0, 0.05) is 12.1 Å². The number of amides is 1. The molecule has 0 aliphatic carbocycles. The topological polar surface area (TPSA) is 62.5 Å². The average Bonchev–Trinajstić information content (AvgIpc) is 2.74. The van der Waals surface area contributed by atoms with E-state index in [0.29, 0.717) is 5.76 Å². The molecule has 1 amide bonds. The molecule has 0 fully saturated rings. The van der Waals surface area contributed by atoms with Crippen molar-refractivity contribution >= 4 is 5.91 Å². The maximum Gasteiger partial charge on any atom is 0.287 e. The van der Waals surface area contributed by atoms with Crippen molar-refractivity contribution in [1.82, 2.24) is 5.32 Å². The third-order valence-electron chi connectivity index (χ3n) is 3.13. The number of rotatable bonds is 6. The summed E-state index contributed by atoms with van der Waals surface area (Å²) < 4.78 is 5.08. The fraction of sp³-hybridized carbons (Fsp3) is 0.615. The van der Waals surface area contributed by atoms with E-state index in [4.69, 9.17) is 4.42 Å². The highest BCUT2D eigenvalue weighted by molar-refractivity contribution is 5.92. The molecule has 0 aliphatic rings. The molecular weight excluding hydrogens is 218 g/mol. The van der Waals surface area contributed by atoms with Crippen LogP contribution in [0.4, 0.5) is 0 Å². The fourth-order valence-electron chi connectivity index (χ4n) is 1.88. The van der Waals surface area contributed by atoms with E-state index in [0.717, 1.165) is 18.4 Å². The zero-order valence-electron chi connectivity index (χ0n) is 10.7. The minimum absolute atomic E-state index is 0.230. The van der Waals surface area contributed by atoms with E-state index in [1.165, 1.54) is 6.26 Å². The molecule has 4 nitrogen and oxygen atoms in total. The van der Waals surface area contributed by atoms with Crippen molar-refractivity contribution in [2.45, 2.75) is 39.7 Å². The Balaban J connectivity index is 2.46. The van der Waals surface area contributed by atoms with Crippen LogP contribution in [0.3, 0.4) is 0 Å². The van der Waals surface area contributed by atoms with Crippen molar-refractivity contribution in [3.05, 3.63) is 23.7 Å². The van der Waals surface area contributed by atoms with Crippen LogP contribution in [0.2, 0.25) is 0 Å². The van der Waals surface area contributed by atoms with Gasteiger partial charge in [-0.25, -0.2) is 0 Å². The molecular formula is C13H21NO3. The summed E-state index contributed by atoms with van der Waals surface area (Å²) in [6, 6.07) is 1.74. The molecule has 1 rings (SSSR count). The Morgan fingerprint density at radius 2 is 2.12 bits per heavy atom. The lowest BCUT2D eigenvalue weighted by atomic mass is 9.96. The van der Waals surface area contributed by atoms with Crippen LogP contribution in [0.1, 0.15) is 42.8 Å². The summed E-state index contributed by atoms with van der Waals surface area (Å²) in [5, 5.41) is 12.6. The second-order valence-electron chi connectivity index (χ2n) is 4.29. The third-order valence-corrected chi connectivity index (χ3v) is 3.13. The first-order valence-electron chi connectivity index (χ1n) is 6.10. The maximum absolute atomic E-state index is 11.7. The van der Waals surface area contributed by atoms with Gasteiger partial charge in [0.2, 0.25) is 0 Å². The Kier molecular flexibility index (Phi) is 5.22. The van der Waals surface area contributed by atoms with E-state index < -0.39 is 6.10 Å². The highest BCUT2D eigenvalue weighted by Gasteiger charge is 2.18. The zero-order chi connectivity index (χ0) is 12.8. The average molecular weight is 239 g/mol. The third kappa shape index (κ3) is 3.60. The van der Waals surface area contributed by atoms with Gasteiger partial charge in [0.15, 0.2) is 5.76 Å². The van der Waals surface area contributed by atoms with Gasteiger partial charge in [-0.1, -0.05) is 26.7 Å². The summed E-state index contributed by atoms with van der Waals surface area (Å²) in [5.41, 5.74) is 0.805. The summed E-state index contributed by atoms with van der Waals surface area (Å²) in [5.74, 6) is 0.284. The Morgan fingerprint density at radius 1 is 1.47 bits per heavy atom. The van der Waals surface area contributed by atoms with Gasteiger partial charge in [-0.15, -0.1) is 0 Å². The van der Waals surface area contributed by atoms with Crippen molar-refractivity contribution in [2.75, 3.05) is 6.54 Å². The second-order valence-corrected chi connectivity index (χ2v) is 4.29. The van der Waals surface area contributed by atoms with Crippen LogP contribution in [0.25, 0.3) is 0 Å². The molecule has 0 radical (unpaired) electrons. The summed E-state index contributed by atoms with van der Waals surface area (Å²) in [4.78, 5) is 11.7. The Hall–Kier alpha value is -1.29. The van der Waals surface area contributed by atoms with Gasteiger partial charge >= 0.3 is 0 Å². The standard InChI is InChI=1S/C13H21NO3/c1-4-10(5-2)11(15)8-14-13(16)12-9(3)6-7-17-12/h6-7,10-11,15H,4-5,8H2,1-3H3,(H,14,16). The molecule has 96 valence electrons. The van der Waals surface area contributed by atoms with Gasteiger partial charge in [-0.2, -0.15) is 0 Å². The second kappa shape index (κ2) is 6.45. The Labute approximate surface area is 102 Å². The van der Waals surface area contributed by atoms with E-state index in [2.05, 4.69) is 5.32 Å². The zero-order valence-corrected chi connectivity index (χ0v) is 10.7. The van der Waals surface area contributed by atoms with E-state index in [-0.39, 0.29) is 18.4 Å². The molecule has 0 saturated heterocycles. The number of aliphatic hydroxyl groups excluding tert-OH is 1. The van der Waals surface area contributed by atoms with Crippen LogP contribution in [0.5, 0.6) is 0 Å². The molecule has 1 aromatic heterocycles. The van der Waals surface area contributed by atoms with Crippen molar-refractivity contribution in [1.29, 1.82) is 0 Å². The first kappa shape index (κ1) is 13.8. The molecule has 0 aromatic carbocycles. The quantitative estimate of drug-likeness (QED) is 0.799. The molecule has 1 heterocycles. The lowest BCUT2D eigenvalue weighted by Gasteiger charge is -2.20. The molecule has 0 saturated carbocycles.